The molecule has 3 nitrogen and oxygen atoms in total. The van der Waals surface area contributed by atoms with Crippen molar-refractivity contribution in [1.82, 2.24) is 4.90 Å². The maximum atomic E-state index is 12.7. The summed E-state index contributed by atoms with van der Waals surface area (Å²) in [4.78, 5) is 11.8. The molecule has 1 N–H and O–H groups in total. The zero-order valence-corrected chi connectivity index (χ0v) is 9.13. The molecule has 2 atom stereocenters. The lowest BCUT2D eigenvalue weighted by Gasteiger charge is -2.33. The van der Waals surface area contributed by atoms with Crippen LogP contribution in [0.2, 0.25) is 0 Å². The first-order valence-electron chi connectivity index (χ1n) is 5.40. The van der Waals surface area contributed by atoms with Crippen LogP contribution in [0.1, 0.15) is 32.6 Å². The van der Waals surface area contributed by atoms with Crippen LogP contribution in [0.3, 0.4) is 0 Å². The normalized spacial score (nSPS) is 24.6. The van der Waals surface area contributed by atoms with Crippen LogP contribution in [0.25, 0.3) is 0 Å². The van der Waals surface area contributed by atoms with Crippen LogP contribution in [0.4, 0.5) is 13.2 Å². The van der Waals surface area contributed by atoms with Crippen molar-refractivity contribution in [3.8, 4) is 0 Å². The van der Waals surface area contributed by atoms with Crippen molar-refractivity contribution in [2.45, 2.75) is 50.9 Å². The molecule has 1 saturated heterocycles. The molecule has 1 heterocycles. The van der Waals surface area contributed by atoms with Crippen molar-refractivity contribution in [2.24, 2.45) is 0 Å². The molecule has 0 saturated carbocycles. The van der Waals surface area contributed by atoms with Crippen molar-refractivity contribution in [1.29, 1.82) is 0 Å². The number of rotatable bonds is 4. The van der Waals surface area contributed by atoms with Gasteiger partial charge in [0.25, 0.3) is 0 Å². The number of aliphatic carboxylic acids is 1. The monoisotopic (exact) mass is 239 g/mol. The zero-order valence-electron chi connectivity index (χ0n) is 9.13. The van der Waals surface area contributed by atoms with Gasteiger partial charge in [0.1, 0.15) is 6.04 Å². The number of carbonyl (C=O) groups is 1. The molecule has 16 heavy (non-hydrogen) atoms. The molecule has 94 valence electrons. The predicted molar refractivity (Wildman–Crippen MR) is 52.1 cm³/mol. The van der Waals surface area contributed by atoms with Gasteiger partial charge in [-0.25, -0.2) is 0 Å². The number of nitrogens with zero attached hydrogens (tertiary/aromatic N) is 1. The Morgan fingerprint density at radius 2 is 2.19 bits per heavy atom. The molecule has 1 aliphatic heterocycles. The molecule has 1 fully saturated rings. The lowest BCUT2D eigenvalue weighted by molar-refractivity contribution is -0.192. The highest BCUT2D eigenvalue weighted by Gasteiger charge is 2.47. The number of carboxylic acid groups (broad SMARTS) is 1. The molecule has 0 aromatic carbocycles. The minimum absolute atomic E-state index is 0.133. The van der Waals surface area contributed by atoms with Crippen LogP contribution < -0.4 is 0 Å². The average Bonchev–Trinajstić information content (AvgIpc) is 2.59. The minimum atomic E-state index is -4.46. The summed E-state index contributed by atoms with van der Waals surface area (Å²) in [5, 5.41) is 8.54. The lowest BCUT2D eigenvalue weighted by Crippen LogP contribution is -2.49. The molecule has 0 aliphatic carbocycles. The molecule has 1 aliphatic rings. The highest BCUT2D eigenvalue weighted by atomic mass is 19.4. The van der Waals surface area contributed by atoms with E-state index >= 15 is 0 Å². The second-order valence-electron chi connectivity index (χ2n) is 4.10. The second-order valence-corrected chi connectivity index (χ2v) is 4.10. The minimum Gasteiger partial charge on any atom is -0.481 e. The molecule has 0 spiro atoms. The summed E-state index contributed by atoms with van der Waals surface area (Å²) in [6, 6.07) is -1.97. The Hall–Kier alpha value is -0.780. The van der Waals surface area contributed by atoms with Gasteiger partial charge in [0.15, 0.2) is 0 Å². The number of halogens is 3. The fourth-order valence-electron chi connectivity index (χ4n) is 2.29. The Morgan fingerprint density at radius 1 is 1.56 bits per heavy atom. The van der Waals surface area contributed by atoms with Gasteiger partial charge >= 0.3 is 12.1 Å². The van der Waals surface area contributed by atoms with E-state index in [2.05, 4.69) is 0 Å². The Balaban J connectivity index is 2.79. The largest absolute Gasteiger partial charge is 0.481 e. The van der Waals surface area contributed by atoms with Gasteiger partial charge in [-0.3, -0.25) is 9.69 Å². The van der Waals surface area contributed by atoms with Gasteiger partial charge < -0.3 is 5.11 Å². The van der Waals surface area contributed by atoms with Crippen LogP contribution in [-0.4, -0.2) is 40.8 Å². The van der Waals surface area contributed by atoms with E-state index < -0.39 is 24.6 Å². The van der Waals surface area contributed by atoms with Crippen molar-refractivity contribution < 1.29 is 23.1 Å². The fraction of sp³-hybridized carbons (Fsp3) is 0.900. The number of likely N-dealkylation sites (tertiary alicyclic amines) is 1. The summed E-state index contributed by atoms with van der Waals surface area (Å²) in [5.41, 5.74) is 0. The van der Waals surface area contributed by atoms with E-state index in [0.717, 1.165) is 6.42 Å². The molecule has 0 radical (unpaired) electrons. The van der Waals surface area contributed by atoms with Gasteiger partial charge in [-0.1, -0.05) is 6.92 Å². The van der Waals surface area contributed by atoms with Gasteiger partial charge in [-0.15, -0.1) is 0 Å². The number of hydrogen-bond donors (Lipinski definition) is 1. The highest BCUT2D eigenvalue weighted by Crippen LogP contribution is 2.33. The molecule has 0 aromatic rings. The summed E-state index contributed by atoms with van der Waals surface area (Å²) in [5.74, 6) is -1.40. The summed E-state index contributed by atoms with van der Waals surface area (Å²) >= 11 is 0. The Morgan fingerprint density at radius 3 is 2.62 bits per heavy atom. The van der Waals surface area contributed by atoms with Gasteiger partial charge in [-0.2, -0.15) is 13.2 Å². The summed E-state index contributed by atoms with van der Waals surface area (Å²) in [6.07, 6.45) is -3.25. The standard InChI is InChI=1S/C10H16F3NO2/c1-2-7-4-3-5-14(7)8(6-9(15)16)10(11,12)13/h7-8H,2-6H2,1H3,(H,15,16). The van der Waals surface area contributed by atoms with Crippen molar-refractivity contribution in [3.05, 3.63) is 0 Å². The summed E-state index contributed by atoms with van der Waals surface area (Å²) in [6.45, 7) is 2.17. The van der Waals surface area contributed by atoms with Crippen LogP contribution in [0, 0.1) is 0 Å². The van der Waals surface area contributed by atoms with E-state index in [0.29, 0.717) is 19.4 Å². The molecule has 0 bridgehead atoms. The summed E-state index contributed by atoms with van der Waals surface area (Å²) < 4.78 is 38.2. The third-order valence-electron chi connectivity index (χ3n) is 3.04. The number of carboxylic acids is 1. The molecular formula is C10H16F3NO2. The topological polar surface area (TPSA) is 40.5 Å². The quantitative estimate of drug-likeness (QED) is 0.818. The van der Waals surface area contributed by atoms with E-state index in [4.69, 9.17) is 5.11 Å². The van der Waals surface area contributed by atoms with Crippen LogP contribution in [0.15, 0.2) is 0 Å². The maximum Gasteiger partial charge on any atom is 0.404 e. The van der Waals surface area contributed by atoms with Gasteiger partial charge in [0, 0.05) is 6.04 Å². The Kier molecular flexibility index (Phi) is 4.18. The molecule has 1 rings (SSSR count). The third-order valence-corrected chi connectivity index (χ3v) is 3.04. The zero-order chi connectivity index (χ0) is 12.3. The second kappa shape index (κ2) is 5.03. The van der Waals surface area contributed by atoms with Gasteiger partial charge in [0.2, 0.25) is 0 Å². The van der Waals surface area contributed by atoms with Crippen molar-refractivity contribution >= 4 is 5.97 Å². The maximum absolute atomic E-state index is 12.7. The Labute approximate surface area is 92.2 Å². The first-order chi connectivity index (χ1) is 7.36. The van der Waals surface area contributed by atoms with E-state index in [1.165, 1.54) is 4.90 Å². The molecule has 6 heteroatoms. The number of alkyl halides is 3. The molecule has 0 aromatic heterocycles. The average molecular weight is 239 g/mol. The van der Waals surface area contributed by atoms with E-state index in [1.807, 2.05) is 6.92 Å². The predicted octanol–water partition coefficient (Wildman–Crippen LogP) is 2.27. The first kappa shape index (κ1) is 13.3. The molecule has 0 amide bonds. The van der Waals surface area contributed by atoms with Crippen LogP contribution in [-0.2, 0) is 4.79 Å². The van der Waals surface area contributed by atoms with Crippen LogP contribution >= 0.6 is 0 Å². The molecule has 2 unspecified atom stereocenters. The third kappa shape index (κ3) is 3.10. The summed E-state index contributed by atoms with van der Waals surface area (Å²) in [7, 11) is 0. The fourth-order valence-corrected chi connectivity index (χ4v) is 2.29. The van der Waals surface area contributed by atoms with E-state index in [-0.39, 0.29) is 6.04 Å². The van der Waals surface area contributed by atoms with Crippen molar-refractivity contribution in [3.63, 3.8) is 0 Å². The van der Waals surface area contributed by atoms with Gasteiger partial charge in [0.05, 0.1) is 6.42 Å². The van der Waals surface area contributed by atoms with E-state index in [9.17, 15) is 18.0 Å². The van der Waals surface area contributed by atoms with E-state index in [1.54, 1.807) is 0 Å². The van der Waals surface area contributed by atoms with Crippen LogP contribution in [0.5, 0.6) is 0 Å². The first-order valence-corrected chi connectivity index (χ1v) is 5.40. The molecular weight excluding hydrogens is 223 g/mol. The SMILES string of the molecule is CCC1CCCN1C(CC(=O)O)C(F)(F)F. The van der Waals surface area contributed by atoms with Gasteiger partial charge in [-0.05, 0) is 25.8 Å². The number of hydrogen-bond acceptors (Lipinski definition) is 2. The highest BCUT2D eigenvalue weighted by molar-refractivity contribution is 5.67. The lowest BCUT2D eigenvalue weighted by atomic mass is 10.1. The Bertz CT molecular complexity index is 255. The smallest absolute Gasteiger partial charge is 0.404 e. The van der Waals surface area contributed by atoms with Crippen molar-refractivity contribution in [2.75, 3.05) is 6.54 Å².